The van der Waals surface area contributed by atoms with Crippen molar-refractivity contribution in [2.45, 2.75) is 33.6 Å². The fraction of sp³-hybridized carbons (Fsp3) is 0.500. The normalized spacial score (nSPS) is 12.2. The summed E-state index contributed by atoms with van der Waals surface area (Å²) in [6, 6.07) is 8.04. The average Bonchev–Trinajstić information content (AvgIpc) is 2.35. The number of carbonyl (C=O) groups is 2. The molecule has 2 N–H and O–H groups in total. The van der Waals surface area contributed by atoms with Gasteiger partial charge < -0.3 is 10.4 Å². The van der Waals surface area contributed by atoms with Crippen LogP contribution in [0.5, 0.6) is 0 Å². The van der Waals surface area contributed by atoms with Crippen LogP contribution in [-0.4, -0.2) is 23.5 Å². The highest BCUT2D eigenvalue weighted by molar-refractivity contribution is 5.77. The molecule has 0 bridgehead atoms. The molecule has 0 spiro atoms. The molecule has 20 heavy (non-hydrogen) atoms. The largest absolute Gasteiger partial charge is 0.481 e. The lowest BCUT2D eigenvalue weighted by Gasteiger charge is -2.16. The van der Waals surface area contributed by atoms with Gasteiger partial charge in [-0.1, -0.05) is 43.7 Å². The van der Waals surface area contributed by atoms with Crippen LogP contribution in [0.25, 0.3) is 0 Å². The van der Waals surface area contributed by atoms with E-state index in [0.29, 0.717) is 12.8 Å². The van der Waals surface area contributed by atoms with E-state index >= 15 is 0 Å². The number of aryl methyl sites for hydroxylation is 2. The molecule has 1 amide bonds. The van der Waals surface area contributed by atoms with Gasteiger partial charge >= 0.3 is 5.97 Å². The zero-order valence-electron chi connectivity index (χ0n) is 12.3. The van der Waals surface area contributed by atoms with Gasteiger partial charge in [0.25, 0.3) is 0 Å². The summed E-state index contributed by atoms with van der Waals surface area (Å²) >= 11 is 0. The number of carboxylic acids is 1. The summed E-state index contributed by atoms with van der Waals surface area (Å²) in [4.78, 5) is 22.8. The minimum atomic E-state index is -0.862. The second-order valence-corrected chi connectivity index (χ2v) is 5.48. The third-order valence-corrected chi connectivity index (χ3v) is 3.36. The minimum absolute atomic E-state index is 0.00423. The molecule has 1 atom stereocenters. The van der Waals surface area contributed by atoms with Crippen molar-refractivity contribution in [3.8, 4) is 0 Å². The van der Waals surface area contributed by atoms with Gasteiger partial charge in [-0.25, -0.2) is 0 Å². The Kier molecular flexibility index (Phi) is 6.22. The van der Waals surface area contributed by atoms with Crippen LogP contribution in [0.15, 0.2) is 24.3 Å². The predicted octanol–water partition coefficient (Wildman–Crippen LogP) is 2.40. The van der Waals surface area contributed by atoms with Gasteiger partial charge in [0.2, 0.25) is 5.91 Å². The molecular weight excluding hydrogens is 254 g/mol. The Balaban J connectivity index is 2.39. The first kappa shape index (κ1) is 16.2. The van der Waals surface area contributed by atoms with Crippen LogP contribution in [0.1, 0.15) is 31.4 Å². The van der Waals surface area contributed by atoms with Crippen molar-refractivity contribution >= 4 is 11.9 Å². The molecule has 110 valence electrons. The van der Waals surface area contributed by atoms with Gasteiger partial charge in [0.05, 0.1) is 5.92 Å². The standard InChI is InChI=1S/C16H23NO3/c1-11(2)14(16(19)20)10-17-15(18)8-7-13-6-4-5-12(3)9-13/h4-6,9,11,14H,7-8,10H2,1-3H3,(H,17,18)(H,19,20). The highest BCUT2D eigenvalue weighted by Gasteiger charge is 2.21. The molecule has 1 unspecified atom stereocenters. The molecule has 4 heteroatoms. The van der Waals surface area contributed by atoms with Gasteiger partial charge in [0.15, 0.2) is 0 Å². The summed E-state index contributed by atoms with van der Waals surface area (Å²) in [5, 5.41) is 11.8. The predicted molar refractivity (Wildman–Crippen MR) is 78.5 cm³/mol. The number of amides is 1. The van der Waals surface area contributed by atoms with E-state index < -0.39 is 11.9 Å². The van der Waals surface area contributed by atoms with Gasteiger partial charge in [-0.15, -0.1) is 0 Å². The number of hydrogen-bond donors (Lipinski definition) is 2. The number of carbonyl (C=O) groups excluding carboxylic acids is 1. The van der Waals surface area contributed by atoms with E-state index in [0.717, 1.165) is 5.56 Å². The number of nitrogens with one attached hydrogen (secondary N) is 1. The summed E-state index contributed by atoms with van der Waals surface area (Å²) in [6.07, 6.45) is 1.06. The third kappa shape index (κ3) is 5.43. The van der Waals surface area contributed by atoms with E-state index in [4.69, 9.17) is 5.11 Å². The van der Waals surface area contributed by atoms with Crippen molar-refractivity contribution in [3.63, 3.8) is 0 Å². The summed E-state index contributed by atoms with van der Waals surface area (Å²) in [5.41, 5.74) is 2.30. The molecule has 1 rings (SSSR count). The van der Waals surface area contributed by atoms with E-state index in [1.54, 1.807) is 0 Å². The zero-order valence-corrected chi connectivity index (χ0v) is 12.3. The third-order valence-electron chi connectivity index (χ3n) is 3.36. The van der Waals surface area contributed by atoms with E-state index in [1.807, 2.05) is 39.0 Å². The molecule has 0 saturated heterocycles. The molecule has 0 saturated carbocycles. The molecule has 1 aromatic rings. The van der Waals surface area contributed by atoms with Crippen molar-refractivity contribution < 1.29 is 14.7 Å². The highest BCUT2D eigenvalue weighted by Crippen LogP contribution is 2.10. The summed E-state index contributed by atoms with van der Waals surface area (Å²) < 4.78 is 0. The summed E-state index contributed by atoms with van der Waals surface area (Å²) in [5.74, 6) is -1.49. The second-order valence-electron chi connectivity index (χ2n) is 5.48. The molecule has 0 aliphatic heterocycles. The molecule has 1 aromatic carbocycles. The smallest absolute Gasteiger partial charge is 0.308 e. The van der Waals surface area contributed by atoms with Crippen LogP contribution in [0.3, 0.4) is 0 Å². The Bertz CT molecular complexity index is 469. The molecule has 0 aliphatic rings. The highest BCUT2D eigenvalue weighted by atomic mass is 16.4. The maximum absolute atomic E-state index is 11.7. The van der Waals surface area contributed by atoms with Crippen LogP contribution in [0, 0.1) is 18.8 Å². The Morgan fingerprint density at radius 3 is 2.55 bits per heavy atom. The van der Waals surface area contributed by atoms with Crippen molar-refractivity contribution in [1.29, 1.82) is 0 Å². The van der Waals surface area contributed by atoms with Gasteiger partial charge in [-0.3, -0.25) is 9.59 Å². The minimum Gasteiger partial charge on any atom is -0.481 e. The number of rotatable bonds is 7. The topological polar surface area (TPSA) is 66.4 Å². The number of benzene rings is 1. The Hall–Kier alpha value is -1.84. The monoisotopic (exact) mass is 277 g/mol. The average molecular weight is 277 g/mol. The maximum atomic E-state index is 11.7. The maximum Gasteiger partial charge on any atom is 0.308 e. The Labute approximate surface area is 120 Å². The quantitative estimate of drug-likeness (QED) is 0.804. The van der Waals surface area contributed by atoms with Gasteiger partial charge in [0, 0.05) is 13.0 Å². The van der Waals surface area contributed by atoms with Gasteiger partial charge in [-0.2, -0.15) is 0 Å². The first-order valence-electron chi connectivity index (χ1n) is 6.95. The van der Waals surface area contributed by atoms with Crippen LogP contribution in [0.4, 0.5) is 0 Å². The number of hydrogen-bond acceptors (Lipinski definition) is 2. The molecule has 4 nitrogen and oxygen atoms in total. The van der Waals surface area contributed by atoms with Crippen LogP contribution in [0.2, 0.25) is 0 Å². The van der Waals surface area contributed by atoms with Crippen molar-refractivity contribution in [2.75, 3.05) is 6.54 Å². The lowest BCUT2D eigenvalue weighted by molar-refractivity contribution is -0.143. The van der Waals surface area contributed by atoms with E-state index in [9.17, 15) is 9.59 Å². The van der Waals surface area contributed by atoms with Crippen molar-refractivity contribution in [3.05, 3.63) is 35.4 Å². The van der Waals surface area contributed by atoms with Crippen LogP contribution in [-0.2, 0) is 16.0 Å². The number of aliphatic carboxylic acids is 1. The zero-order chi connectivity index (χ0) is 15.1. The fourth-order valence-corrected chi connectivity index (χ4v) is 2.05. The van der Waals surface area contributed by atoms with Gasteiger partial charge in [-0.05, 0) is 24.8 Å². The Morgan fingerprint density at radius 1 is 1.30 bits per heavy atom. The number of carboxylic acid groups (broad SMARTS) is 1. The molecule has 0 aliphatic carbocycles. The summed E-state index contributed by atoms with van der Waals surface area (Å²) in [6.45, 7) is 5.90. The molecule has 0 radical (unpaired) electrons. The molecule has 0 heterocycles. The van der Waals surface area contributed by atoms with E-state index in [2.05, 4.69) is 11.4 Å². The Morgan fingerprint density at radius 2 is 2.00 bits per heavy atom. The first-order chi connectivity index (χ1) is 9.40. The summed E-state index contributed by atoms with van der Waals surface area (Å²) in [7, 11) is 0. The second kappa shape index (κ2) is 7.68. The van der Waals surface area contributed by atoms with Crippen molar-refractivity contribution in [2.24, 2.45) is 11.8 Å². The fourth-order valence-electron chi connectivity index (χ4n) is 2.05. The van der Waals surface area contributed by atoms with Crippen LogP contribution < -0.4 is 5.32 Å². The molecular formula is C16H23NO3. The molecule has 0 fully saturated rings. The lowest BCUT2D eigenvalue weighted by Crippen LogP contribution is -2.35. The van der Waals surface area contributed by atoms with Crippen molar-refractivity contribution in [1.82, 2.24) is 5.32 Å². The first-order valence-corrected chi connectivity index (χ1v) is 6.95. The SMILES string of the molecule is Cc1cccc(CCC(=O)NCC(C(=O)O)C(C)C)c1. The van der Waals surface area contributed by atoms with E-state index in [-0.39, 0.29) is 18.4 Å². The van der Waals surface area contributed by atoms with Crippen LogP contribution >= 0.6 is 0 Å². The molecule has 0 aromatic heterocycles. The van der Waals surface area contributed by atoms with Gasteiger partial charge in [0.1, 0.15) is 0 Å². The lowest BCUT2D eigenvalue weighted by atomic mass is 9.96. The van der Waals surface area contributed by atoms with E-state index in [1.165, 1.54) is 5.56 Å².